The van der Waals surface area contributed by atoms with Gasteiger partial charge in [0, 0.05) is 7.05 Å². The van der Waals surface area contributed by atoms with E-state index in [4.69, 9.17) is 0 Å². The average Bonchev–Trinajstić information content (AvgIpc) is 2.64. The van der Waals surface area contributed by atoms with Crippen LogP contribution in [0.4, 0.5) is 5.69 Å². The molecule has 0 amide bonds. The molecule has 0 fully saturated rings. The molecule has 0 saturated carbocycles. The molecule has 0 radical (unpaired) electrons. The van der Waals surface area contributed by atoms with Gasteiger partial charge in [-0.2, -0.15) is 8.42 Å². The highest BCUT2D eigenvalue weighted by Gasteiger charge is 2.24. The summed E-state index contributed by atoms with van der Waals surface area (Å²) in [6.45, 7) is 1.79. The van der Waals surface area contributed by atoms with E-state index >= 15 is 0 Å². The highest BCUT2D eigenvalue weighted by molar-refractivity contribution is 9.10. The highest BCUT2D eigenvalue weighted by Crippen LogP contribution is 2.28. The summed E-state index contributed by atoms with van der Waals surface area (Å²) >= 11 is 3.02. The zero-order valence-electron chi connectivity index (χ0n) is 10.1. The van der Waals surface area contributed by atoms with E-state index < -0.39 is 10.0 Å². The van der Waals surface area contributed by atoms with Crippen LogP contribution in [-0.4, -0.2) is 28.5 Å². The van der Waals surface area contributed by atoms with Gasteiger partial charge in [0.1, 0.15) is 5.75 Å². The standard InChI is InChI=1S/C10H11BrN4O3S/c1-6-3-4-8(16)7(5-6)13-19(17,18)10-9(11)12-14-15(10)2/h3-5,13,16H,1-2H3. The van der Waals surface area contributed by atoms with Crippen molar-refractivity contribution in [1.82, 2.24) is 15.0 Å². The Morgan fingerprint density at radius 3 is 2.68 bits per heavy atom. The van der Waals surface area contributed by atoms with E-state index in [1.54, 1.807) is 13.0 Å². The Hall–Kier alpha value is -1.61. The minimum Gasteiger partial charge on any atom is -0.506 e. The van der Waals surface area contributed by atoms with Crippen LogP contribution >= 0.6 is 15.9 Å². The predicted molar refractivity (Wildman–Crippen MR) is 72.4 cm³/mol. The smallest absolute Gasteiger partial charge is 0.282 e. The molecule has 1 heterocycles. The van der Waals surface area contributed by atoms with E-state index in [0.717, 1.165) is 10.2 Å². The Bertz CT molecular complexity index is 707. The highest BCUT2D eigenvalue weighted by atomic mass is 79.9. The molecule has 2 aromatic rings. The molecule has 19 heavy (non-hydrogen) atoms. The van der Waals surface area contributed by atoms with E-state index in [9.17, 15) is 13.5 Å². The van der Waals surface area contributed by atoms with E-state index in [2.05, 4.69) is 31.0 Å². The number of halogens is 1. The second-order valence-corrected chi connectivity index (χ2v) is 6.28. The van der Waals surface area contributed by atoms with Crippen LogP contribution in [0, 0.1) is 6.92 Å². The van der Waals surface area contributed by atoms with E-state index in [0.29, 0.717) is 0 Å². The van der Waals surface area contributed by atoms with Crippen molar-refractivity contribution in [1.29, 1.82) is 0 Å². The van der Waals surface area contributed by atoms with Gasteiger partial charge in [0.2, 0.25) is 5.03 Å². The summed E-state index contributed by atoms with van der Waals surface area (Å²) in [6, 6.07) is 4.63. The van der Waals surface area contributed by atoms with E-state index in [1.165, 1.54) is 19.2 Å². The van der Waals surface area contributed by atoms with Crippen LogP contribution in [-0.2, 0) is 17.1 Å². The number of benzene rings is 1. The summed E-state index contributed by atoms with van der Waals surface area (Å²) in [5.74, 6) is -0.152. The van der Waals surface area contributed by atoms with E-state index in [-0.39, 0.29) is 21.1 Å². The second-order valence-electron chi connectivity index (χ2n) is 3.94. The molecule has 1 aromatic carbocycles. The Balaban J connectivity index is 2.45. The van der Waals surface area contributed by atoms with Crippen LogP contribution in [0.3, 0.4) is 0 Å². The average molecular weight is 347 g/mol. The molecule has 0 aliphatic heterocycles. The number of rotatable bonds is 3. The number of aromatic nitrogens is 3. The van der Waals surface area contributed by atoms with Gasteiger partial charge in [-0.3, -0.25) is 4.72 Å². The molecule has 2 N–H and O–H groups in total. The third-order valence-corrected chi connectivity index (χ3v) is 4.64. The monoisotopic (exact) mass is 346 g/mol. The maximum Gasteiger partial charge on any atom is 0.282 e. The largest absolute Gasteiger partial charge is 0.506 e. The molecule has 0 unspecified atom stereocenters. The predicted octanol–water partition coefficient (Wildman–Crippen LogP) is 1.39. The number of aromatic hydroxyl groups is 1. The van der Waals surface area contributed by atoms with Crippen LogP contribution in [0.5, 0.6) is 5.75 Å². The number of nitrogens with zero attached hydrogens (tertiary/aromatic N) is 3. The van der Waals surface area contributed by atoms with Crippen molar-refractivity contribution < 1.29 is 13.5 Å². The molecule has 1 aromatic heterocycles. The van der Waals surface area contributed by atoms with E-state index in [1.807, 2.05) is 0 Å². The first kappa shape index (κ1) is 13.8. The third-order valence-electron chi connectivity index (χ3n) is 2.39. The van der Waals surface area contributed by atoms with Crippen molar-refractivity contribution in [3.05, 3.63) is 28.4 Å². The fraction of sp³-hybridized carbons (Fsp3) is 0.200. The van der Waals surface area contributed by atoms with Gasteiger partial charge in [0.05, 0.1) is 5.69 Å². The molecule has 9 heteroatoms. The summed E-state index contributed by atoms with van der Waals surface area (Å²) in [7, 11) is -2.43. The van der Waals surface area contributed by atoms with Crippen LogP contribution in [0.1, 0.15) is 5.56 Å². The number of hydrogen-bond acceptors (Lipinski definition) is 5. The van der Waals surface area contributed by atoms with Crippen molar-refractivity contribution in [2.75, 3.05) is 4.72 Å². The third kappa shape index (κ3) is 2.71. The molecular weight excluding hydrogens is 336 g/mol. The molecule has 0 aliphatic carbocycles. The molecular formula is C10H11BrN4O3S. The van der Waals surface area contributed by atoms with Crippen molar-refractivity contribution >= 4 is 31.6 Å². The minimum atomic E-state index is -3.89. The SMILES string of the molecule is Cc1ccc(O)c(NS(=O)(=O)c2c(Br)nnn2C)c1. The van der Waals surface area contributed by atoms with Crippen LogP contribution in [0.15, 0.2) is 27.8 Å². The lowest BCUT2D eigenvalue weighted by atomic mass is 10.2. The van der Waals surface area contributed by atoms with Crippen LogP contribution in [0.2, 0.25) is 0 Å². The summed E-state index contributed by atoms with van der Waals surface area (Å²) in [4.78, 5) is 0. The first-order chi connectivity index (χ1) is 8.81. The quantitative estimate of drug-likeness (QED) is 0.818. The molecule has 0 saturated heterocycles. The number of hydrogen-bond donors (Lipinski definition) is 2. The normalized spacial score (nSPS) is 11.5. The summed E-state index contributed by atoms with van der Waals surface area (Å²) < 4.78 is 28.0. The Morgan fingerprint density at radius 2 is 2.11 bits per heavy atom. The van der Waals surface area contributed by atoms with Gasteiger partial charge in [-0.05, 0) is 40.5 Å². The Morgan fingerprint density at radius 1 is 1.42 bits per heavy atom. The molecule has 0 bridgehead atoms. The Labute approximate surface area is 118 Å². The lowest BCUT2D eigenvalue weighted by molar-refractivity contribution is 0.477. The molecule has 0 spiro atoms. The molecule has 0 aliphatic rings. The molecule has 102 valence electrons. The first-order valence-corrected chi connectivity index (χ1v) is 7.46. The van der Waals surface area contributed by atoms with Gasteiger partial charge in [-0.1, -0.05) is 11.3 Å². The zero-order chi connectivity index (χ0) is 14.2. The lowest BCUT2D eigenvalue weighted by Gasteiger charge is -2.10. The summed E-state index contributed by atoms with van der Waals surface area (Å²) in [5.41, 5.74) is 0.922. The van der Waals surface area contributed by atoms with Crippen LogP contribution < -0.4 is 4.72 Å². The van der Waals surface area contributed by atoms with Gasteiger partial charge in [-0.15, -0.1) is 5.10 Å². The molecule has 2 rings (SSSR count). The van der Waals surface area contributed by atoms with Crippen molar-refractivity contribution in [2.45, 2.75) is 11.9 Å². The zero-order valence-corrected chi connectivity index (χ0v) is 12.5. The maximum absolute atomic E-state index is 12.2. The molecule has 7 nitrogen and oxygen atoms in total. The Kier molecular flexibility index (Phi) is 3.50. The number of nitrogens with one attached hydrogen (secondary N) is 1. The summed E-state index contributed by atoms with van der Waals surface area (Å²) in [5, 5.41) is 16.8. The number of anilines is 1. The first-order valence-electron chi connectivity index (χ1n) is 5.19. The topological polar surface area (TPSA) is 97.1 Å². The van der Waals surface area contributed by atoms with Gasteiger partial charge in [-0.25, -0.2) is 4.68 Å². The van der Waals surface area contributed by atoms with Crippen LogP contribution in [0.25, 0.3) is 0 Å². The number of aryl methyl sites for hydroxylation is 2. The van der Waals surface area contributed by atoms with Gasteiger partial charge < -0.3 is 5.11 Å². The van der Waals surface area contributed by atoms with Gasteiger partial charge in [0.15, 0.2) is 4.60 Å². The van der Waals surface area contributed by atoms with Gasteiger partial charge in [0.25, 0.3) is 10.0 Å². The van der Waals surface area contributed by atoms with Crippen molar-refractivity contribution in [3.8, 4) is 5.75 Å². The number of phenolic OH excluding ortho intramolecular Hbond substituents is 1. The van der Waals surface area contributed by atoms with Crippen molar-refractivity contribution in [2.24, 2.45) is 7.05 Å². The van der Waals surface area contributed by atoms with Crippen molar-refractivity contribution in [3.63, 3.8) is 0 Å². The fourth-order valence-corrected chi connectivity index (χ4v) is 3.70. The second kappa shape index (κ2) is 4.82. The summed E-state index contributed by atoms with van der Waals surface area (Å²) in [6.07, 6.45) is 0. The fourth-order valence-electron chi connectivity index (χ4n) is 1.53. The molecule has 0 atom stereocenters. The number of sulfonamides is 1. The minimum absolute atomic E-state index is 0.105. The number of phenols is 1. The lowest BCUT2D eigenvalue weighted by Crippen LogP contribution is -2.17. The van der Waals surface area contributed by atoms with Gasteiger partial charge >= 0.3 is 0 Å². The maximum atomic E-state index is 12.2.